The third-order valence-corrected chi connectivity index (χ3v) is 6.63. The molecule has 0 aliphatic rings. The third-order valence-electron chi connectivity index (χ3n) is 6.63. The van der Waals surface area contributed by atoms with Crippen molar-refractivity contribution in [3.05, 3.63) is 108 Å². The first-order valence-corrected chi connectivity index (χ1v) is 13.0. The Hall–Kier alpha value is -5.50. The Morgan fingerprint density at radius 2 is 1.40 bits per heavy atom. The van der Waals surface area contributed by atoms with E-state index in [1.807, 2.05) is 30.3 Å². The number of ketones is 1. The number of carbonyl (C=O) groups excluding carboxylic acids is 2. The summed E-state index contributed by atoms with van der Waals surface area (Å²) in [6.07, 6.45) is 3.07. The molecule has 0 aliphatic heterocycles. The molecule has 4 aromatic carbocycles. The van der Waals surface area contributed by atoms with Gasteiger partial charge < -0.3 is 28.1 Å². The fourth-order valence-corrected chi connectivity index (χ4v) is 4.49. The van der Waals surface area contributed by atoms with Gasteiger partial charge in [-0.2, -0.15) is 0 Å². The predicted molar refractivity (Wildman–Crippen MR) is 159 cm³/mol. The molecule has 0 fully saturated rings. The zero-order valence-corrected chi connectivity index (χ0v) is 23.5. The van der Waals surface area contributed by atoms with E-state index in [0.717, 1.165) is 5.56 Å². The van der Waals surface area contributed by atoms with Crippen LogP contribution in [0, 0.1) is 0 Å². The number of benzene rings is 4. The van der Waals surface area contributed by atoms with Crippen LogP contribution in [0.2, 0.25) is 0 Å². The van der Waals surface area contributed by atoms with E-state index in [-0.39, 0.29) is 17.1 Å². The van der Waals surface area contributed by atoms with Crippen LogP contribution in [0.15, 0.2) is 95.4 Å². The van der Waals surface area contributed by atoms with Crippen molar-refractivity contribution in [3.8, 4) is 40.1 Å². The largest absolute Gasteiger partial charge is 0.497 e. The maximum Gasteiger partial charge on any atom is 0.348 e. The van der Waals surface area contributed by atoms with E-state index < -0.39 is 5.97 Å². The predicted octanol–water partition coefficient (Wildman–Crippen LogP) is 7.25. The summed E-state index contributed by atoms with van der Waals surface area (Å²) in [4.78, 5) is 26.5. The number of hydrogen-bond donors (Lipinski definition) is 0. The summed E-state index contributed by atoms with van der Waals surface area (Å²) >= 11 is 0. The Labute approximate surface area is 242 Å². The molecule has 1 aromatic heterocycles. The molecule has 0 spiro atoms. The molecule has 0 amide bonds. The fraction of sp³-hybridized carbons (Fsp3) is 0.118. The van der Waals surface area contributed by atoms with Crippen molar-refractivity contribution in [1.29, 1.82) is 0 Å². The van der Waals surface area contributed by atoms with E-state index in [9.17, 15) is 9.59 Å². The fourth-order valence-electron chi connectivity index (χ4n) is 4.49. The Bertz CT molecular complexity index is 1780. The van der Waals surface area contributed by atoms with E-state index in [0.29, 0.717) is 50.9 Å². The Kier molecular flexibility index (Phi) is 8.24. The summed E-state index contributed by atoms with van der Waals surface area (Å²) in [5, 5.41) is 0.559. The van der Waals surface area contributed by atoms with Gasteiger partial charge in [0.25, 0.3) is 0 Å². The molecule has 0 saturated carbocycles. The molecule has 212 valence electrons. The molecule has 5 rings (SSSR count). The van der Waals surface area contributed by atoms with E-state index in [4.69, 9.17) is 28.1 Å². The Morgan fingerprint density at radius 1 is 0.690 bits per heavy atom. The van der Waals surface area contributed by atoms with Crippen LogP contribution < -0.4 is 23.7 Å². The minimum absolute atomic E-state index is 0.207. The van der Waals surface area contributed by atoms with Crippen LogP contribution in [0.1, 0.15) is 26.3 Å². The minimum Gasteiger partial charge on any atom is -0.497 e. The molecule has 8 heteroatoms. The Morgan fingerprint density at radius 3 is 2.12 bits per heavy atom. The van der Waals surface area contributed by atoms with Crippen molar-refractivity contribution in [2.24, 2.45) is 0 Å². The number of hydrogen-bond acceptors (Lipinski definition) is 8. The standard InChI is InChI=1S/C34H28O8/c1-37-23-13-17-28-26(19-23)32(33(41-28)22-8-6-5-7-9-22)34(36)42-29-16-11-21(18-31(29)40-4)10-15-27(35)25-14-12-24(38-2)20-30(25)39-3/h5-20H,1-4H3/b15-10+. The van der Waals surface area contributed by atoms with Crippen LogP contribution in [0.4, 0.5) is 0 Å². The van der Waals surface area contributed by atoms with Crippen molar-refractivity contribution in [2.75, 3.05) is 28.4 Å². The van der Waals surface area contributed by atoms with Crippen molar-refractivity contribution in [3.63, 3.8) is 0 Å². The van der Waals surface area contributed by atoms with Gasteiger partial charge in [0.1, 0.15) is 34.2 Å². The number of fused-ring (bicyclic) bond motifs is 1. The van der Waals surface area contributed by atoms with Crippen LogP contribution in [0.3, 0.4) is 0 Å². The monoisotopic (exact) mass is 564 g/mol. The van der Waals surface area contributed by atoms with Gasteiger partial charge in [-0.15, -0.1) is 0 Å². The van der Waals surface area contributed by atoms with Crippen LogP contribution in [-0.4, -0.2) is 40.2 Å². The molecule has 0 aliphatic carbocycles. The number of methoxy groups -OCH3 is 4. The number of rotatable bonds is 10. The van der Waals surface area contributed by atoms with Crippen LogP contribution in [0.25, 0.3) is 28.4 Å². The lowest BCUT2D eigenvalue weighted by Crippen LogP contribution is -2.10. The maximum absolute atomic E-state index is 13.7. The van der Waals surface area contributed by atoms with Crippen molar-refractivity contribution < 1.29 is 37.7 Å². The number of carbonyl (C=O) groups is 2. The van der Waals surface area contributed by atoms with Gasteiger partial charge in [-0.3, -0.25) is 4.79 Å². The second-order valence-corrected chi connectivity index (χ2v) is 9.10. The topological polar surface area (TPSA) is 93.4 Å². The summed E-state index contributed by atoms with van der Waals surface area (Å²) in [6, 6.07) is 24.6. The van der Waals surface area contributed by atoms with E-state index in [2.05, 4.69) is 0 Å². The van der Waals surface area contributed by atoms with Gasteiger partial charge in [0, 0.05) is 17.0 Å². The second kappa shape index (κ2) is 12.3. The van der Waals surface area contributed by atoms with Gasteiger partial charge in [-0.25, -0.2) is 4.79 Å². The molecule has 0 N–H and O–H groups in total. The number of furan rings is 1. The van der Waals surface area contributed by atoms with Gasteiger partial charge in [0.2, 0.25) is 0 Å². The molecule has 0 unspecified atom stereocenters. The van der Waals surface area contributed by atoms with Crippen LogP contribution in [0.5, 0.6) is 28.7 Å². The first kappa shape index (κ1) is 28.0. The summed E-state index contributed by atoms with van der Waals surface area (Å²) in [6.45, 7) is 0. The van der Waals surface area contributed by atoms with E-state index >= 15 is 0 Å². The highest BCUT2D eigenvalue weighted by atomic mass is 16.6. The highest BCUT2D eigenvalue weighted by Crippen LogP contribution is 2.37. The number of ether oxygens (including phenoxy) is 5. The highest BCUT2D eigenvalue weighted by Gasteiger charge is 2.25. The van der Waals surface area contributed by atoms with Gasteiger partial charge in [0.15, 0.2) is 17.3 Å². The first-order valence-electron chi connectivity index (χ1n) is 13.0. The van der Waals surface area contributed by atoms with Gasteiger partial charge >= 0.3 is 5.97 Å². The van der Waals surface area contributed by atoms with Gasteiger partial charge in [-0.05, 0) is 54.1 Å². The lowest BCUT2D eigenvalue weighted by Gasteiger charge is -2.11. The van der Waals surface area contributed by atoms with Crippen molar-refractivity contribution >= 4 is 28.8 Å². The SMILES string of the molecule is COc1ccc(C(=O)/C=C/c2ccc(OC(=O)c3c(-c4ccccc4)oc4ccc(OC)cc34)c(OC)c2)c(OC)c1. The zero-order valence-electron chi connectivity index (χ0n) is 23.5. The molecular formula is C34H28O8. The van der Waals surface area contributed by atoms with Gasteiger partial charge in [0.05, 0.1) is 34.0 Å². The van der Waals surface area contributed by atoms with Crippen LogP contribution >= 0.6 is 0 Å². The maximum atomic E-state index is 13.7. The molecule has 0 bridgehead atoms. The number of allylic oxidation sites excluding steroid dienone is 1. The lowest BCUT2D eigenvalue weighted by molar-refractivity contribution is 0.0731. The lowest BCUT2D eigenvalue weighted by atomic mass is 10.1. The summed E-state index contributed by atoms with van der Waals surface area (Å²) in [5.74, 6) is 1.60. The zero-order chi connectivity index (χ0) is 29.6. The minimum atomic E-state index is -0.621. The van der Waals surface area contributed by atoms with Crippen LogP contribution in [-0.2, 0) is 0 Å². The molecule has 42 heavy (non-hydrogen) atoms. The highest BCUT2D eigenvalue weighted by molar-refractivity contribution is 6.10. The molecule has 0 saturated heterocycles. The smallest absolute Gasteiger partial charge is 0.348 e. The van der Waals surface area contributed by atoms with E-state index in [1.165, 1.54) is 20.3 Å². The number of esters is 1. The van der Waals surface area contributed by atoms with Crippen molar-refractivity contribution in [2.45, 2.75) is 0 Å². The molecule has 0 radical (unpaired) electrons. The average molecular weight is 565 g/mol. The molecule has 8 nitrogen and oxygen atoms in total. The molecule has 1 heterocycles. The molecule has 0 atom stereocenters. The quantitative estimate of drug-likeness (QED) is 0.0758. The van der Waals surface area contributed by atoms with Crippen molar-refractivity contribution in [1.82, 2.24) is 0 Å². The second-order valence-electron chi connectivity index (χ2n) is 9.10. The average Bonchev–Trinajstić information content (AvgIpc) is 3.43. The third kappa shape index (κ3) is 5.69. The summed E-state index contributed by atoms with van der Waals surface area (Å²) in [5.41, 5.74) is 2.57. The molecular weight excluding hydrogens is 536 g/mol. The normalized spacial score (nSPS) is 11.0. The first-order chi connectivity index (χ1) is 20.4. The summed E-state index contributed by atoms with van der Waals surface area (Å²) in [7, 11) is 6.06. The Balaban J connectivity index is 1.43. The van der Waals surface area contributed by atoms with E-state index in [1.54, 1.807) is 74.9 Å². The van der Waals surface area contributed by atoms with Gasteiger partial charge in [-0.1, -0.05) is 42.5 Å². The summed E-state index contributed by atoms with van der Waals surface area (Å²) < 4.78 is 33.4. The molecule has 5 aromatic rings.